The minimum Gasteiger partial charge on any atom is -0.377 e. The summed E-state index contributed by atoms with van der Waals surface area (Å²) in [6.45, 7) is 12.3. The van der Waals surface area contributed by atoms with Crippen molar-refractivity contribution in [1.82, 2.24) is 15.5 Å². The van der Waals surface area contributed by atoms with E-state index in [0.717, 1.165) is 38.6 Å². The highest BCUT2D eigenvalue weighted by atomic mass is 127. The molecule has 1 aliphatic rings. The largest absolute Gasteiger partial charge is 0.377 e. The maximum Gasteiger partial charge on any atom is 0.191 e. The van der Waals surface area contributed by atoms with Gasteiger partial charge in [-0.2, -0.15) is 0 Å². The van der Waals surface area contributed by atoms with Gasteiger partial charge in [-0.15, -0.1) is 35.3 Å². The van der Waals surface area contributed by atoms with Crippen LogP contribution >= 0.6 is 35.3 Å². The van der Waals surface area contributed by atoms with Crippen LogP contribution < -0.4 is 10.6 Å². The van der Waals surface area contributed by atoms with Crippen molar-refractivity contribution in [3.8, 4) is 0 Å². The number of ether oxygens (including phenoxy) is 1. The zero-order valence-electron chi connectivity index (χ0n) is 18.3. The fraction of sp³-hybridized carbons (Fsp3) is 0.762. The van der Waals surface area contributed by atoms with Gasteiger partial charge in [0.25, 0.3) is 0 Å². The lowest BCUT2D eigenvalue weighted by molar-refractivity contribution is -0.0835. The lowest BCUT2D eigenvalue weighted by Gasteiger charge is -2.40. The molecule has 0 aromatic carbocycles. The molecule has 1 aliphatic heterocycles. The van der Waals surface area contributed by atoms with E-state index in [0.29, 0.717) is 18.1 Å². The van der Waals surface area contributed by atoms with Gasteiger partial charge in [0.2, 0.25) is 0 Å². The number of likely N-dealkylation sites (N-methyl/N-ethyl adjacent to an activating group) is 1. The minimum absolute atomic E-state index is 0. The molecule has 1 fully saturated rings. The number of nitrogens with zero attached hydrogens (tertiary/aromatic N) is 2. The normalized spacial score (nSPS) is 21.9. The minimum atomic E-state index is 0. The van der Waals surface area contributed by atoms with Crippen molar-refractivity contribution in [2.45, 2.75) is 52.7 Å². The summed E-state index contributed by atoms with van der Waals surface area (Å²) >= 11 is 1.80. The van der Waals surface area contributed by atoms with Crippen LogP contribution in [-0.2, 0) is 4.74 Å². The molecule has 2 rings (SSSR count). The Balaban J connectivity index is 0.00000392. The van der Waals surface area contributed by atoms with Crippen LogP contribution in [0.4, 0.5) is 0 Å². The lowest BCUT2D eigenvalue weighted by Crippen LogP contribution is -2.47. The number of hydrogen-bond acceptors (Lipinski definition) is 4. The van der Waals surface area contributed by atoms with Crippen LogP contribution in [0.15, 0.2) is 22.5 Å². The van der Waals surface area contributed by atoms with E-state index >= 15 is 0 Å². The molecule has 0 amide bonds. The van der Waals surface area contributed by atoms with Gasteiger partial charge in [-0.05, 0) is 50.7 Å². The number of thiophene rings is 1. The Hall–Kier alpha value is -0.380. The molecule has 0 spiro atoms. The van der Waals surface area contributed by atoms with Gasteiger partial charge in [0.05, 0.1) is 18.7 Å². The summed E-state index contributed by atoms with van der Waals surface area (Å²) in [5.74, 6) is 1.42. The van der Waals surface area contributed by atoms with E-state index in [9.17, 15) is 0 Å². The molecule has 0 bridgehead atoms. The van der Waals surface area contributed by atoms with Gasteiger partial charge in [-0.3, -0.25) is 4.99 Å². The highest BCUT2D eigenvalue weighted by molar-refractivity contribution is 14.0. The standard InChI is InChI=1S/C21H38N4OS.HI/c1-7-22-20(24-15-17(25(5)6)18-11-9-13-27-18)23-14-16-10-8-12-26-19(16)21(2,3)4;/h9,11,13,16-17,19H,7-8,10,12,14-15H2,1-6H3,(H2,22,23,24);1H. The first-order chi connectivity index (χ1) is 12.8. The monoisotopic (exact) mass is 522 g/mol. The molecule has 0 radical (unpaired) electrons. The number of nitrogens with one attached hydrogen (secondary N) is 2. The van der Waals surface area contributed by atoms with Crippen LogP contribution in [0.5, 0.6) is 0 Å². The Morgan fingerprint density at radius 3 is 2.68 bits per heavy atom. The summed E-state index contributed by atoms with van der Waals surface area (Å²) < 4.78 is 6.12. The molecule has 7 heteroatoms. The first kappa shape index (κ1) is 25.7. The Kier molecular flexibility index (Phi) is 11.3. The van der Waals surface area contributed by atoms with Crippen molar-refractivity contribution in [2.24, 2.45) is 16.3 Å². The second kappa shape index (κ2) is 12.3. The second-order valence-electron chi connectivity index (χ2n) is 8.66. The summed E-state index contributed by atoms with van der Waals surface area (Å²) in [5, 5.41) is 9.11. The molecular formula is C21H39IN4OS. The van der Waals surface area contributed by atoms with Crippen molar-refractivity contribution in [3.05, 3.63) is 22.4 Å². The predicted molar refractivity (Wildman–Crippen MR) is 132 cm³/mol. The zero-order chi connectivity index (χ0) is 19.9. The summed E-state index contributed by atoms with van der Waals surface area (Å²) in [6.07, 6.45) is 2.65. The van der Waals surface area contributed by atoms with Crippen molar-refractivity contribution < 1.29 is 4.74 Å². The summed E-state index contributed by atoms with van der Waals surface area (Å²) in [7, 11) is 4.24. The Morgan fingerprint density at radius 1 is 1.36 bits per heavy atom. The molecule has 1 aromatic rings. The third-order valence-corrected chi connectivity index (χ3v) is 6.07. The topological polar surface area (TPSA) is 48.9 Å². The van der Waals surface area contributed by atoms with Gasteiger partial charge >= 0.3 is 0 Å². The zero-order valence-corrected chi connectivity index (χ0v) is 21.5. The van der Waals surface area contributed by atoms with Crippen LogP contribution in [0.2, 0.25) is 0 Å². The molecule has 1 aromatic heterocycles. The predicted octanol–water partition coefficient (Wildman–Crippen LogP) is 4.37. The van der Waals surface area contributed by atoms with E-state index in [2.05, 4.69) is 74.8 Å². The Bertz CT molecular complexity index is 571. The average molecular weight is 523 g/mol. The van der Waals surface area contributed by atoms with Crippen LogP contribution in [0.3, 0.4) is 0 Å². The SMILES string of the molecule is CCNC(=NCC(c1cccs1)N(C)C)NCC1CCCOC1C(C)(C)C.I. The number of halogens is 1. The second-order valence-corrected chi connectivity index (χ2v) is 9.63. The van der Waals surface area contributed by atoms with Crippen molar-refractivity contribution >= 4 is 41.3 Å². The van der Waals surface area contributed by atoms with E-state index in [4.69, 9.17) is 9.73 Å². The van der Waals surface area contributed by atoms with Crippen molar-refractivity contribution in [1.29, 1.82) is 0 Å². The molecule has 2 N–H and O–H groups in total. The number of rotatable bonds is 7. The number of guanidine groups is 1. The molecule has 0 aliphatic carbocycles. The summed E-state index contributed by atoms with van der Waals surface area (Å²) in [5.41, 5.74) is 0.164. The van der Waals surface area contributed by atoms with Crippen LogP contribution in [0.25, 0.3) is 0 Å². The summed E-state index contributed by atoms with van der Waals surface area (Å²) in [4.78, 5) is 8.48. The van der Waals surface area contributed by atoms with E-state index in [-0.39, 0.29) is 29.4 Å². The molecule has 28 heavy (non-hydrogen) atoms. The third kappa shape index (κ3) is 7.80. The quantitative estimate of drug-likeness (QED) is 0.318. The van der Waals surface area contributed by atoms with Crippen LogP contribution in [0.1, 0.15) is 51.5 Å². The molecule has 3 atom stereocenters. The van der Waals surface area contributed by atoms with E-state index in [1.54, 1.807) is 11.3 Å². The Labute approximate surface area is 192 Å². The average Bonchev–Trinajstić information content (AvgIpc) is 3.13. The third-order valence-electron chi connectivity index (χ3n) is 5.09. The van der Waals surface area contributed by atoms with E-state index in [1.807, 2.05) is 0 Å². The fourth-order valence-corrected chi connectivity index (χ4v) is 4.66. The smallest absolute Gasteiger partial charge is 0.191 e. The molecule has 162 valence electrons. The Morgan fingerprint density at radius 2 is 2.11 bits per heavy atom. The van der Waals surface area contributed by atoms with Crippen molar-refractivity contribution in [2.75, 3.05) is 40.3 Å². The molecule has 3 unspecified atom stereocenters. The van der Waals surface area contributed by atoms with Gasteiger partial charge < -0.3 is 20.3 Å². The fourth-order valence-electron chi connectivity index (χ4n) is 3.75. The highest BCUT2D eigenvalue weighted by Gasteiger charge is 2.35. The van der Waals surface area contributed by atoms with Crippen LogP contribution in [-0.4, -0.2) is 57.3 Å². The van der Waals surface area contributed by atoms with E-state index in [1.165, 1.54) is 11.3 Å². The van der Waals surface area contributed by atoms with Gasteiger partial charge in [0, 0.05) is 30.5 Å². The number of hydrogen-bond donors (Lipinski definition) is 2. The maximum absolute atomic E-state index is 6.12. The molecule has 1 saturated heterocycles. The molecule has 2 heterocycles. The van der Waals surface area contributed by atoms with Gasteiger partial charge in [-0.25, -0.2) is 0 Å². The lowest BCUT2D eigenvalue weighted by atomic mass is 9.78. The molecule has 0 saturated carbocycles. The number of aliphatic imine (C=N–C) groups is 1. The highest BCUT2D eigenvalue weighted by Crippen LogP contribution is 2.33. The molecule has 5 nitrogen and oxygen atoms in total. The van der Waals surface area contributed by atoms with Crippen LogP contribution in [0, 0.1) is 11.3 Å². The van der Waals surface area contributed by atoms with E-state index < -0.39 is 0 Å². The molecular weight excluding hydrogens is 483 g/mol. The van der Waals surface area contributed by atoms with Gasteiger partial charge in [0.1, 0.15) is 0 Å². The van der Waals surface area contributed by atoms with Crippen molar-refractivity contribution in [3.63, 3.8) is 0 Å². The first-order valence-electron chi connectivity index (χ1n) is 10.2. The summed E-state index contributed by atoms with van der Waals surface area (Å²) in [6, 6.07) is 4.61. The van der Waals surface area contributed by atoms with Gasteiger partial charge in [0.15, 0.2) is 5.96 Å². The van der Waals surface area contributed by atoms with Gasteiger partial charge in [-0.1, -0.05) is 26.8 Å². The maximum atomic E-state index is 6.12. The first-order valence-corrected chi connectivity index (χ1v) is 11.0.